The second kappa shape index (κ2) is 5.19. The molecule has 118 valence electrons. The van der Waals surface area contributed by atoms with Gasteiger partial charge in [0.05, 0.1) is 5.70 Å². The molecule has 4 nitrogen and oxygen atoms in total. The van der Waals surface area contributed by atoms with E-state index in [1.807, 2.05) is 13.0 Å². The first-order valence-corrected chi connectivity index (χ1v) is 8.50. The van der Waals surface area contributed by atoms with E-state index in [0.717, 1.165) is 35.6 Å². The van der Waals surface area contributed by atoms with Crippen LogP contribution < -0.4 is 0 Å². The zero-order valence-electron chi connectivity index (χ0n) is 13.6. The third kappa shape index (κ3) is 2.26. The summed E-state index contributed by atoms with van der Waals surface area (Å²) >= 11 is 0. The maximum atomic E-state index is 12.4. The Balaban J connectivity index is 1.73. The molecule has 2 aliphatic carbocycles. The molecular weight excluding hydrogens is 286 g/mol. The highest BCUT2D eigenvalue weighted by Gasteiger charge is 2.41. The number of fused-ring (bicyclic) bond motifs is 1. The molecule has 0 aromatic carbocycles. The molecule has 1 aromatic heterocycles. The normalized spacial score (nSPS) is 22.6. The second-order valence-corrected chi connectivity index (χ2v) is 7.26. The summed E-state index contributed by atoms with van der Waals surface area (Å²) < 4.78 is 0. The van der Waals surface area contributed by atoms with Crippen molar-refractivity contribution in [1.82, 2.24) is 9.88 Å². The van der Waals surface area contributed by atoms with Gasteiger partial charge in [0.25, 0.3) is 0 Å². The van der Waals surface area contributed by atoms with Gasteiger partial charge >= 0.3 is 0 Å². The van der Waals surface area contributed by atoms with Gasteiger partial charge in [0.1, 0.15) is 11.6 Å². The monoisotopic (exact) mass is 307 g/mol. The van der Waals surface area contributed by atoms with Crippen LogP contribution in [0.25, 0.3) is 5.70 Å². The van der Waals surface area contributed by atoms with E-state index in [1.165, 1.54) is 32.1 Å². The lowest BCUT2D eigenvalue weighted by Crippen LogP contribution is -2.43. The smallest absolute Gasteiger partial charge is 0.179 e. The molecule has 2 heterocycles. The number of nitriles is 1. The lowest BCUT2D eigenvalue weighted by atomic mass is 9.63. The van der Waals surface area contributed by atoms with Gasteiger partial charge in [0, 0.05) is 37.0 Å². The quantitative estimate of drug-likeness (QED) is 0.800. The fourth-order valence-electron chi connectivity index (χ4n) is 4.30. The molecule has 4 heteroatoms. The fourth-order valence-corrected chi connectivity index (χ4v) is 4.30. The van der Waals surface area contributed by atoms with Gasteiger partial charge in [-0.15, -0.1) is 0 Å². The Labute approximate surface area is 136 Å². The van der Waals surface area contributed by atoms with Gasteiger partial charge in [-0.2, -0.15) is 5.26 Å². The van der Waals surface area contributed by atoms with E-state index in [9.17, 15) is 10.1 Å². The predicted molar refractivity (Wildman–Crippen MR) is 87.3 cm³/mol. The molecule has 0 bridgehead atoms. The first-order valence-electron chi connectivity index (χ1n) is 8.50. The second-order valence-electron chi connectivity index (χ2n) is 7.26. The SMILES string of the molecule is Cc1cc2c(cn1)CC(=O)C(C#N)=C2N1CCC2(CCC2)CC1. The molecule has 23 heavy (non-hydrogen) atoms. The number of pyridine rings is 1. The summed E-state index contributed by atoms with van der Waals surface area (Å²) in [6, 6.07) is 4.21. The molecule has 4 rings (SSSR count). The summed E-state index contributed by atoms with van der Waals surface area (Å²) in [5, 5.41) is 9.55. The van der Waals surface area contributed by atoms with E-state index in [0.29, 0.717) is 17.4 Å². The van der Waals surface area contributed by atoms with Crippen molar-refractivity contribution >= 4 is 11.5 Å². The average molecular weight is 307 g/mol. The number of hydrogen-bond acceptors (Lipinski definition) is 4. The van der Waals surface area contributed by atoms with Crippen LogP contribution in [0.4, 0.5) is 0 Å². The van der Waals surface area contributed by atoms with Crippen molar-refractivity contribution in [2.45, 2.75) is 45.4 Å². The Morgan fingerprint density at radius 3 is 2.61 bits per heavy atom. The molecule has 0 radical (unpaired) electrons. The van der Waals surface area contributed by atoms with Crippen LogP contribution in [-0.4, -0.2) is 28.8 Å². The summed E-state index contributed by atoms with van der Waals surface area (Å²) in [5.74, 6) is -0.0652. The van der Waals surface area contributed by atoms with Crippen LogP contribution >= 0.6 is 0 Å². The molecule has 0 unspecified atom stereocenters. The standard InChI is InChI=1S/C19H21N3O/c1-13-9-15-14(12-21-13)10-17(23)16(11-20)18(15)22-7-5-19(6-8-22)3-2-4-19/h9,12H,2-8,10H2,1H3. The van der Waals surface area contributed by atoms with Crippen molar-refractivity contribution in [3.05, 3.63) is 34.7 Å². The van der Waals surface area contributed by atoms with E-state index in [-0.39, 0.29) is 5.78 Å². The van der Waals surface area contributed by atoms with E-state index >= 15 is 0 Å². The van der Waals surface area contributed by atoms with Gasteiger partial charge in [-0.1, -0.05) is 6.42 Å². The van der Waals surface area contributed by atoms with Gasteiger partial charge in [-0.3, -0.25) is 9.78 Å². The minimum atomic E-state index is -0.0652. The molecule has 1 saturated carbocycles. The highest BCUT2D eigenvalue weighted by Crippen LogP contribution is 2.50. The molecule has 2 fully saturated rings. The fraction of sp³-hybridized carbons (Fsp3) is 0.526. The maximum Gasteiger partial charge on any atom is 0.179 e. The summed E-state index contributed by atoms with van der Waals surface area (Å²) in [6.07, 6.45) is 8.53. The summed E-state index contributed by atoms with van der Waals surface area (Å²) in [5.41, 5.74) is 4.68. The van der Waals surface area contributed by atoms with Crippen LogP contribution in [0.2, 0.25) is 0 Å². The number of carbonyl (C=O) groups excluding carboxylic acids is 1. The van der Waals surface area contributed by atoms with E-state index in [1.54, 1.807) is 6.20 Å². The number of piperidine rings is 1. The number of aromatic nitrogens is 1. The van der Waals surface area contributed by atoms with Crippen LogP contribution in [-0.2, 0) is 11.2 Å². The number of hydrogen-bond donors (Lipinski definition) is 0. The van der Waals surface area contributed by atoms with Crippen molar-refractivity contribution in [3.8, 4) is 6.07 Å². The van der Waals surface area contributed by atoms with Gasteiger partial charge < -0.3 is 4.90 Å². The molecule has 0 amide bonds. The van der Waals surface area contributed by atoms with Gasteiger partial charge in [-0.05, 0) is 49.7 Å². The first kappa shape index (κ1) is 14.4. The van der Waals surface area contributed by atoms with Crippen molar-refractivity contribution in [2.24, 2.45) is 5.41 Å². The average Bonchev–Trinajstić information content (AvgIpc) is 2.53. The van der Waals surface area contributed by atoms with E-state index < -0.39 is 0 Å². The number of rotatable bonds is 1. The highest BCUT2D eigenvalue weighted by molar-refractivity contribution is 6.09. The molecule has 1 saturated heterocycles. The van der Waals surface area contributed by atoms with Crippen molar-refractivity contribution < 1.29 is 4.79 Å². The number of aryl methyl sites for hydroxylation is 1. The molecular formula is C19H21N3O. The Bertz CT molecular complexity index is 742. The van der Waals surface area contributed by atoms with E-state index in [4.69, 9.17) is 0 Å². The Kier molecular flexibility index (Phi) is 3.26. The number of allylic oxidation sites excluding steroid dienone is 1. The molecule has 3 aliphatic rings. The van der Waals surface area contributed by atoms with Crippen LogP contribution in [0, 0.1) is 23.7 Å². The predicted octanol–water partition coefficient (Wildman–Crippen LogP) is 3.02. The number of Topliss-reactive ketones (excluding diaryl/α,β-unsaturated/α-hetero) is 1. The minimum Gasteiger partial charge on any atom is -0.370 e. The van der Waals surface area contributed by atoms with Crippen LogP contribution in [0.1, 0.15) is 48.9 Å². The van der Waals surface area contributed by atoms with E-state index in [2.05, 4.69) is 16.0 Å². The Morgan fingerprint density at radius 2 is 2.00 bits per heavy atom. The third-order valence-electron chi connectivity index (χ3n) is 5.91. The van der Waals surface area contributed by atoms with Crippen LogP contribution in [0.5, 0.6) is 0 Å². The molecule has 1 aliphatic heterocycles. The lowest BCUT2D eigenvalue weighted by Gasteiger charge is -2.49. The van der Waals surface area contributed by atoms with Crippen LogP contribution in [0.3, 0.4) is 0 Å². The number of nitrogens with zero attached hydrogens (tertiary/aromatic N) is 3. The summed E-state index contributed by atoms with van der Waals surface area (Å²) in [4.78, 5) is 19.0. The summed E-state index contributed by atoms with van der Waals surface area (Å²) in [6.45, 7) is 3.86. The maximum absolute atomic E-state index is 12.4. The van der Waals surface area contributed by atoms with Crippen molar-refractivity contribution in [3.63, 3.8) is 0 Å². The highest BCUT2D eigenvalue weighted by atomic mass is 16.1. The number of ketones is 1. The zero-order valence-corrected chi connectivity index (χ0v) is 13.6. The van der Waals surface area contributed by atoms with Crippen molar-refractivity contribution in [2.75, 3.05) is 13.1 Å². The van der Waals surface area contributed by atoms with Crippen molar-refractivity contribution in [1.29, 1.82) is 5.26 Å². The topological polar surface area (TPSA) is 57.0 Å². The van der Waals surface area contributed by atoms with Gasteiger partial charge in [0.15, 0.2) is 5.78 Å². The van der Waals surface area contributed by atoms with Crippen LogP contribution in [0.15, 0.2) is 17.8 Å². The minimum absolute atomic E-state index is 0.0652. The Morgan fingerprint density at radius 1 is 1.26 bits per heavy atom. The van der Waals surface area contributed by atoms with Gasteiger partial charge in [-0.25, -0.2) is 0 Å². The number of carbonyl (C=O) groups is 1. The molecule has 0 N–H and O–H groups in total. The summed E-state index contributed by atoms with van der Waals surface area (Å²) in [7, 11) is 0. The lowest BCUT2D eigenvalue weighted by molar-refractivity contribution is -0.114. The van der Waals surface area contributed by atoms with Gasteiger partial charge in [0.2, 0.25) is 0 Å². The molecule has 0 atom stereocenters. The zero-order chi connectivity index (χ0) is 16.0. The largest absolute Gasteiger partial charge is 0.370 e. The molecule has 1 spiro atoms. The molecule has 1 aromatic rings. The third-order valence-corrected chi connectivity index (χ3v) is 5.91. The first-order chi connectivity index (χ1) is 11.1. The Hall–Kier alpha value is -2.15. The number of likely N-dealkylation sites (tertiary alicyclic amines) is 1.